The zero-order chi connectivity index (χ0) is 17.6. The molecule has 25 heavy (non-hydrogen) atoms. The second kappa shape index (κ2) is 6.63. The van der Waals surface area contributed by atoms with Crippen molar-refractivity contribution >= 4 is 38.4 Å². The molecule has 3 unspecified atom stereocenters. The summed E-state index contributed by atoms with van der Waals surface area (Å²) in [6, 6.07) is 3.39. The number of aromatic nitrogens is 2. The molecule has 0 radical (unpaired) electrons. The van der Waals surface area contributed by atoms with Gasteiger partial charge in [-0.3, -0.25) is 9.36 Å². The van der Waals surface area contributed by atoms with E-state index < -0.39 is 5.60 Å². The number of aliphatic hydroxyl groups is 1. The Morgan fingerprint density at radius 1 is 1.52 bits per heavy atom. The summed E-state index contributed by atoms with van der Waals surface area (Å²) in [6.45, 7) is 1.92. The Hall–Kier alpha value is -0.990. The van der Waals surface area contributed by atoms with E-state index in [1.165, 1.54) is 0 Å². The molecule has 0 aliphatic carbocycles. The molecule has 0 spiro atoms. The average Bonchev–Trinajstić information content (AvgIpc) is 3.34. The first-order valence-corrected chi connectivity index (χ1v) is 9.54. The molecule has 1 aromatic heterocycles. The van der Waals surface area contributed by atoms with Gasteiger partial charge in [-0.1, -0.05) is 11.6 Å². The van der Waals surface area contributed by atoms with Crippen LogP contribution in [0.3, 0.4) is 0 Å². The first-order chi connectivity index (χ1) is 12.0. The van der Waals surface area contributed by atoms with Gasteiger partial charge in [-0.2, -0.15) is 0 Å². The fourth-order valence-corrected chi connectivity index (χ4v) is 3.99. The van der Waals surface area contributed by atoms with Crippen molar-refractivity contribution in [3.8, 4) is 0 Å². The normalized spacial score (nSPS) is 29.1. The van der Waals surface area contributed by atoms with Gasteiger partial charge in [0.1, 0.15) is 5.60 Å². The Labute approximate surface area is 158 Å². The Kier molecular flexibility index (Phi) is 4.62. The molecule has 0 bridgehead atoms. The Morgan fingerprint density at radius 2 is 2.32 bits per heavy atom. The standard InChI is InChI=1S/C17H19BrClN3O3/c18-11-5-13-10(4-12(11)19)16(24)22(9-21-13)7-17(8-25-17)6-14-15(23)2-1-3-20-14/h4-5,9,14-15,20,23H,1-3,6-8H2. The van der Waals surface area contributed by atoms with Crippen LogP contribution in [0, 0.1) is 0 Å². The predicted molar refractivity (Wildman–Crippen MR) is 99.0 cm³/mol. The monoisotopic (exact) mass is 427 g/mol. The highest BCUT2D eigenvalue weighted by atomic mass is 79.9. The third kappa shape index (κ3) is 3.48. The molecule has 6 nitrogen and oxygen atoms in total. The largest absolute Gasteiger partial charge is 0.392 e. The zero-order valence-electron chi connectivity index (χ0n) is 13.5. The smallest absolute Gasteiger partial charge is 0.261 e. The minimum absolute atomic E-state index is 0.00534. The quantitative estimate of drug-likeness (QED) is 0.729. The molecular weight excluding hydrogens is 410 g/mol. The molecule has 2 fully saturated rings. The van der Waals surface area contributed by atoms with Crippen LogP contribution in [0.25, 0.3) is 10.9 Å². The fraction of sp³-hybridized carbons (Fsp3) is 0.529. The molecule has 8 heteroatoms. The van der Waals surface area contributed by atoms with Gasteiger partial charge in [0.25, 0.3) is 5.56 Å². The van der Waals surface area contributed by atoms with Crippen LogP contribution in [-0.4, -0.2) is 45.6 Å². The summed E-state index contributed by atoms with van der Waals surface area (Å²) in [5, 5.41) is 14.5. The lowest BCUT2D eigenvalue weighted by atomic mass is 9.92. The van der Waals surface area contributed by atoms with Gasteiger partial charge in [0, 0.05) is 10.5 Å². The lowest BCUT2D eigenvalue weighted by molar-refractivity contribution is 0.0754. The van der Waals surface area contributed by atoms with Gasteiger partial charge in [0.05, 0.1) is 41.5 Å². The first-order valence-electron chi connectivity index (χ1n) is 8.37. The molecule has 1 aromatic carbocycles. The van der Waals surface area contributed by atoms with Crippen molar-refractivity contribution in [3.63, 3.8) is 0 Å². The van der Waals surface area contributed by atoms with Crippen molar-refractivity contribution in [2.24, 2.45) is 0 Å². The lowest BCUT2D eigenvalue weighted by Crippen LogP contribution is -2.48. The third-order valence-electron chi connectivity index (χ3n) is 5.02. The van der Waals surface area contributed by atoms with Gasteiger partial charge in [0.15, 0.2) is 0 Å². The van der Waals surface area contributed by atoms with E-state index in [9.17, 15) is 9.90 Å². The minimum Gasteiger partial charge on any atom is -0.392 e. The maximum absolute atomic E-state index is 12.8. The van der Waals surface area contributed by atoms with Crippen molar-refractivity contribution in [2.45, 2.75) is 43.6 Å². The molecule has 2 aliphatic heterocycles. The van der Waals surface area contributed by atoms with E-state index in [1.54, 1.807) is 23.0 Å². The van der Waals surface area contributed by atoms with E-state index in [0.29, 0.717) is 40.0 Å². The third-order valence-corrected chi connectivity index (χ3v) is 6.21. The Bertz CT molecular complexity index is 868. The number of rotatable bonds is 4. The maximum Gasteiger partial charge on any atom is 0.261 e. The number of piperidine rings is 1. The van der Waals surface area contributed by atoms with Gasteiger partial charge in [0.2, 0.25) is 0 Å². The van der Waals surface area contributed by atoms with Crippen molar-refractivity contribution in [1.82, 2.24) is 14.9 Å². The second-order valence-corrected chi connectivity index (χ2v) is 8.17. The lowest BCUT2D eigenvalue weighted by Gasteiger charge is -2.31. The highest BCUT2D eigenvalue weighted by molar-refractivity contribution is 9.10. The number of ether oxygens (including phenoxy) is 1. The first kappa shape index (κ1) is 17.4. The molecule has 2 N–H and O–H groups in total. The van der Waals surface area contributed by atoms with E-state index >= 15 is 0 Å². The number of aliphatic hydroxyl groups excluding tert-OH is 1. The summed E-state index contributed by atoms with van der Waals surface area (Å²) in [5.41, 5.74) is 0.0630. The van der Waals surface area contributed by atoms with Crippen LogP contribution >= 0.6 is 27.5 Å². The van der Waals surface area contributed by atoms with E-state index in [-0.39, 0.29) is 17.7 Å². The van der Waals surface area contributed by atoms with Crippen LogP contribution < -0.4 is 10.9 Å². The predicted octanol–water partition coefficient (Wildman–Crippen LogP) is 2.08. The summed E-state index contributed by atoms with van der Waals surface area (Å²) >= 11 is 9.47. The van der Waals surface area contributed by atoms with Gasteiger partial charge in [-0.25, -0.2) is 4.98 Å². The number of epoxide rings is 1. The molecule has 2 aromatic rings. The number of benzene rings is 1. The van der Waals surface area contributed by atoms with E-state index in [2.05, 4.69) is 26.2 Å². The van der Waals surface area contributed by atoms with Crippen LogP contribution in [0.1, 0.15) is 19.3 Å². The van der Waals surface area contributed by atoms with Crippen molar-refractivity contribution in [2.75, 3.05) is 13.2 Å². The molecule has 0 saturated carbocycles. The molecule has 0 amide bonds. The Balaban J connectivity index is 1.59. The Morgan fingerprint density at radius 3 is 3.04 bits per heavy atom. The number of nitrogens with zero attached hydrogens (tertiary/aromatic N) is 2. The number of fused-ring (bicyclic) bond motifs is 1. The molecular formula is C17H19BrClN3O3. The molecule has 134 valence electrons. The van der Waals surface area contributed by atoms with Gasteiger partial charge in [-0.15, -0.1) is 0 Å². The van der Waals surface area contributed by atoms with Crippen LogP contribution in [0.2, 0.25) is 5.02 Å². The fourth-order valence-electron chi connectivity index (χ4n) is 3.50. The zero-order valence-corrected chi connectivity index (χ0v) is 15.9. The van der Waals surface area contributed by atoms with Gasteiger partial charge >= 0.3 is 0 Å². The molecule has 3 heterocycles. The molecule has 4 rings (SSSR count). The van der Waals surface area contributed by atoms with E-state index in [0.717, 1.165) is 19.4 Å². The number of hydrogen-bond acceptors (Lipinski definition) is 5. The second-order valence-electron chi connectivity index (χ2n) is 6.91. The maximum atomic E-state index is 12.8. The summed E-state index contributed by atoms with van der Waals surface area (Å²) in [4.78, 5) is 17.2. The summed E-state index contributed by atoms with van der Waals surface area (Å²) in [7, 11) is 0. The summed E-state index contributed by atoms with van der Waals surface area (Å²) < 4.78 is 7.98. The number of halogens is 2. The van der Waals surface area contributed by atoms with Crippen molar-refractivity contribution in [3.05, 3.63) is 38.3 Å². The summed E-state index contributed by atoms with van der Waals surface area (Å²) in [5.74, 6) is 0. The molecule has 2 saturated heterocycles. The molecule has 2 aliphatic rings. The van der Waals surface area contributed by atoms with Gasteiger partial charge in [-0.05, 0) is 53.9 Å². The average molecular weight is 429 g/mol. The van der Waals surface area contributed by atoms with Gasteiger partial charge < -0.3 is 15.2 Å². The van der Waals surface area contributed by atoms with Crippen LogP contribution in [0.5, 0.6) is 0 Å². The van der Waals surface area contributed by atoms with E-state index in [4.69, 9.17) is 16.3 Å². The van der Waals surface area contributed by atoms with Crippen molar-refractivity contribution in [1.29, 1.82) is 0 Å². The summed E-state index contributed by atoms with van der Waals surface area (Å²) in [6.07, 6.45) is 3.66. The minimum atomic E-state index is -0.408. The molecule has 3 atom stereocenters. The van der Waals surface area contributed by atoms with Crippen molar-refractivity contribution < 1.29 is 9.84 Å². The number of nitrogens with one attached hydrogen (secondary N) is 1. The topological polar surface area (TPSA) is 79.7 Å². The van der Waals surface area contributed by atoms with Crippen LogP contribution in [0.15, 0.2) is 27.7 Å². The highest BCUT2D eigenvalue weighted by Gasteiger charge is 2.48. The SMILES string of the molecule is O=c1c2cc(Cl)c(Br)cc2ncn1CC1(CC2NCCCC2O)CO1. The van der Waals surface area contributed by atoms with Crippen LogP contribution in [0.4, 0.5) is 0 Å². The highest BCUT2D eigenvalue weighted by Crippen LogP contribution is 2.35. The van der Waals surface area contributed by atoms with Crippen LogP contribution in [-0.2, 0) is 11.3 Å². The van der Waals surface area contributed by atoms with E-state index in [1.807, 2.05) is 0 Å². The number of hydrogen-bond donors (Lipinski definition) is 2.